The number of benzene rings is 2. The van der Waals surface area contributed by atoms with Crippen LogP contribution in [0.2, 0.25) is 0 Å². The summed E-state index contributed by atoms with van der Waals surface area (Å²) in [7, 11) is 0. The van der Waals surface area contributed by atoms with Crippen LogP contribution in [0.25, 0.3) is 0 Å². The number of nitro benzene ring substituents is 1. The largest absolute Gasteiger partial charge is 0.325 e. The van der Waals surface area contributed by atoms with Gasteiger partial charge in [-0.1, -0.05) is 36.4 Å². The molecule has 1 aromatic heterocycles. The molecule has 0 unspecified atom stereocenters. The van der Waals surface area contributed by atoms with Crippen LogP contribution in [0, 0.1) is 10.1 Å². The van der Waals surface area contributed by atoms with E-state index in [1.165, 1.54) is 24.3 Å². The number of nitrogens with one attached hydrogen (secondary N) is 2. The number of urea groups is 1. The third kappa shape index (κ3) is 4.21. The highest BCUT2D eigenvalue weighted by molar-refractivity contribution is 5.89. The van der Waals surface area contributed by atoms with Gasteiger partial charge >= 0.3 is 6.03 Å². The van der Waals surface area contributed by atoms with E-state index >= 15 is 0 Å². The van der Waals surface area contributed by atoms with Gasteiger partial charge in [0.1, 0.15) is 0 Å². The molecule has 0 spiro atoms. The maximum absolute atomic E-state index is 12.4. The summed E-state index contributed by atoms with van der Waals surface area (Å²) in [5.74, 6) is 0. The minimum Gasteiger partial charge on any atom is -0.325 e. The molecule has 7 heteroatoms. The number of rotatable bonds is 5. The van der Waals surface area contributed by atoms with Gasteiger partial charge in [-0.25, -0.2) is 4.79 Å². The number of hydrogen-bond acceptors (Lipinski definition) is 4. The first-order valence-corrected chi connectivity index (χ1v) is 7.91. The molecule has 7 nitrogen and oxygen atoms in total. The van der Waals surface area contributed by atoms with Crippen molar-refractivity contribution in [3.8, 4) is 0 Å². The minimum absolute atomic E-state index is 0.0356. The van der Waals surface area contributed by atoms with Crippen molar-refractivity contribution in [3.63, 3.8) is 0 Å². The zero-order chi connectivity index (χ0) is 18.4. The molecular formula is C19H16N4O3. The highest BCUT2D eigenvalue weighted by atomic mass is 16.6. The fraction of sp³-hybridized carbons (Fsp3) is 0.0526. The number of carbonyl (C=O) groups excluding carboxylic acids is 1. The lowest BCUT2D eigenvalue weighted by molar-refractivity contribution is -0.384. The average Bonchev–Trinajstić information content (AvgIpc) is 2.68. The Balaban J connectivity index is 1.76. The second kappa shape index (κ2) is 7.89. The Morgan fingerprint density at radius 1 is 0.962 bits per heavy atom. The van der Waals surface area contributed by atoms with Crippen LogP contribution in [-0.2, 0) is 0 Å². The highest BCUT2D eigenvalue weighted by Gasteiger charge is 2.18. The monoisotopic (exact) mass is 348 g/mol. The first-order chi connectivity index (χ1) is 12.6. The number of non-ortho nitro benzene ring substituents is 1. The van der Waals surface area contributed by atoms with Gasteiger partial charge in [-0.15, -0.1) is 0 Å². The number of pyridine rings is 1. The quantitative estimate of drug-likeness (QED) is 0.540. The molecule has 3 rings (SSSR count). The zero-order valence-electron chi connectivity index (χ0n) is 13.7. The molecule has 0 bridgehead atoms. The molecule has 2 N–H and O–H groups in total. The summed E-state index contributed by atoms with van der Waals surface area (Å²) in [6.07, 6.45) is 1.67. The summed E-state index contributed by atoms with van der Waals surface area (Å²) < 4.78 is 0. The van der Waals surface area contributed by atoms with E-state index in [-0.39, 0.29) is 5.69 Å². The zero-order valence-corrected chi connectivity index (χ0v) is 13.7. The molecule has 2 amide bonds. The molecule has 0 aliphatic rings. The van der Waals surface area contributed by atoms with E-state index in [0.29, 0.717) is 11.4 Å². The standard InChI is InChI=1S/C19H16N4O3/c24-19(21-15-9-11-16(12-10-15)23(25)26)22-18(14-6-2-1-3-7-14)17-8-4-5-13-20-17/h1-13,18H,(H2,21,22,24)/t18-/m1/s1. The number of nitrogens with zero attached hydrogens (tertiary/aromatic N) is 2. The van der Waals surface area contributed by atoms with Gasteiger partial charge in [-0.3, -0.25) is 15.1 Å². The molecule has 1 atom stereocenters. The van der Waals surface area contributed by atoms with Crippen LogP contribution in [0.3, 0.4) is 0 Å². The summed E-state index contributed by atoms with van der Waals surface area (Å²) in [4.78, 5) is 26.9. The Labute approximate surface area is 149 Å². The van der Waals surface area contributed by atoms with Gasteiger partial charge in [-0.2, -0.15) is 0 Å². The van der Waals surface area contributed by atoms with Crippen LogP contribution < -0.4 is 10.6 Å². The van der Waals surface area contributed by atoms with Crippen molar-refractivity contribution in [2.24, 2.45) is 0 Å². The lowest BCUT2D eigenvalue weighted by Gasteiger charge is -2.19. The van der Waals surface area contributed by atoms with Gasteiger partial charge in [0.05, 0.1) is 16.7 Å². The molecular weight excluding hydrogens is 332 g/mol. The number of hydrogen-bond donors (Lipinski definition) is 2. The Bertz CT molecular complexity index is 844. The fourth-order valence-electron chi connectivity index (χ4n) is 2.49. The second-order valence-electron chi connectivity index (χ2n) is 5.50. The third-order valence-electron chi connectivity index (χ3n) is 3.73. The molecule has 1 heterocycles. The summed E-state index contributed by atoms with van der Waals surface area (Å²) in [6.45, 7) is 0. The minimum atomic E-state index is -0.490. The molecule has 2 aromatic carbocycles. The predicted molar refractivity (Wildman–Crippen MR) is 97.8 cm³/mol. The molecule has 0 saturated heterocycles. The van der Waals surface area contributed by atoms with Gasteiger partial charge in [0.15, 0.2) is 0 Å². The molecule has 0 aliphatic carbocycles. The summed E-state index contributed by atoms with van der Waals surface area (Å²) in [6, 6.07) is 19.8. The summed E-state index contributed by atoms with van der Waals surface area (Å²) in [5.41, 5.74) is 2.02. The summed E-state index contributed by atoms with van der Waals surface area (Å²) in [5, 5.41) is 16.3. The van der Waals surface area contributed by atoms with Gasteiger partial charge in [0.25, 0.3) is 5.69 Å². The van der Waals surface area contributed by atoms with Gasteiger partial charge in [0.2, 0.25) is 0 Å². The van der Waals surface area contributed by atoms with Crippen LogP contribution in [0.5, 0.6) is 0 Å². The van der Waals surface area contributed by atoms with E-state index in [4.69, 9.17) is 0 Å². The maximum Gasteiger partial charge on any atom is 0.320 e. The van der Waals surface area contributed by atoms with Crippen molar-refractivity contribution in [1.82, 2.24) is 10.3 Å². The van der Waals surface area contributed by atoms with Crippen molar-refractivity contribution in [2.45, 2.75) is 6.04 Å². The molecule has 0 aliphatic heterocycles. The Kier molecular flexibility index (Phi) is 5.19. The van der Waals surface area contributed by atoms with Crippen molar-refractivity contribution in [2.75, 3.05) is 5.32 Å². The number of nitro groups is 1. The first kappa shape index (κ1) is 17.1. The predicted octanol–water partition coefficient (Wildman–Crippen LogP) is 3.90. The maximum atomic E-state index is 12.4. The normalized spacial score (nSPS) is 11.4. The van der Waals surface area contributed by atoms with E-state index in [9.17, 15) is 14.9 Å². The molecule has 26 heavy (non-hydrogen) atoms. The number of amides is 2. The first-order valence-electron chi connectivity index (χ1n) is 7.91. The Morgan fingerprint density at radius 2 is 1.65 bits per heavy atom. The topological polar surface area (TPSA) is 97.2 Å². The van der Waals surface area contributed by atoms with E-state index in [1.807, 2.05) is 48.5 Å². The number of anilines is 1. The lowest BCUT2D eigenvalue weighted by atomic mass is 10.0. The van der Waals surface area contributed by atoms with Crippen molar-refractivity contribution in [3.05, 3.63) is 100 Å². The molecule has 0 fully saturated rings. The number of aromatic nitrogens is 1. The molecule has 0 radical (unpaired) electrons. The lowest BCUT2D eigenvalue weighted by Crippen LogP contribution is -2.33. The molecule has 0 saturated carbocycles. The van der Waals surface area contributed by atoms with Crippen LogP contribution in [0.4, 0.5) is 16.2 Å². The highest BCUT2D eigenvalue weighted by Crippen LogP contribution is 2.20. The molecule has 130 valence electrons. The number of carbonyl (C=O) groups is 1. The van der Waals surface area contributed by atoms with Gasteiger partial charge in [-0.05, 0) is 29.8 Å². The van der Waals surface area contributed by atoms with Crippen LogP contribution in [0.1, 0.15) is 17.3 Å². The third-order valence-corrected chi connectivity index (χ3v) is 3.73. The summed E-state index contributed by atoms with van der Waals surface area (Å²) >= 11 is 0. The van der Waals surface area contributed by atoms with E-state index < -0.39 is 17.0 Å². The smallest absolute Gasteiger partial charge is 0.320 e. The molecule has 3 aromatic rings. The van der Waals surface area contributed by atoms with E-state index in [1.54, 1.807) is 6.20 Å². The van der Waals surface area contributed by atoms with Gasteiger partial charge < -0.3 is 10.6 Å². The van der Waals surface area contributed by atoms with Crippen molar-refractivity contribution >= 4 is 17.4 Å². The Hall–Kier alpha value is -3.74. The SMILES string of the molecule is O=C(Nc1ccc([N+](=O)[O-])cc1)N[C@H](c1ccccc1)c1ccccn1. The van der Waals surface area contributed by atoms with Crippen molar-refractivity contribution in [1.29, 1.82) is 0 Å². The fourth-order valence-corrected chi connectivity index (χ4v) is 2.49. The van der Waals surface area contributed by atoms with Crippen LogP contribution in [-0.4, -0.2) is 15.9 Å². The second-order valence-corrected chi connectivity index (χ2v) is 5.50. The van der Waals surface area contributed by atoms with E-state index in [0.717, 1.165) is 5.56 Å². The van der Waals surface area contributed by atoms with E-state index in [2.05, 4.69) is 15.6 Å². The van der Waals surface area contributed by atoms with Gasteiger partial charge in [0, 0.05) is 24.0 Å². The van der Waals surface area contributed by atoms with Crippen molar-refractivity contribution < 1.29 is 9.72 Å². The van der Waals surface area contributed by atoms with Crippen LogP contribution >= 0.6 is 0 Å². The Morgan fingerprint density at radius 3 is 2.27 bits per heavy atom. The average molecular weight is 348 g/mol. The van der Waals surface area contributed by atoms with Crippen LogP contribution in [0.15, 0.2) is 79.0 Å².